The monoisotopic (exact) mass is 273 g/mol. The van der Waals surface area contributed by atoms with Gasteiger partial charge in [-0.15, -0.1) is 0 Å². The van der Waals surface area contributed by atoms with Crippen LogP contribution in [0.25, 0.3) is 0 Å². The molecule has 0 radical (unpaired) electrons. The summed E-state index contributed by atoms with van der Waals surface area (Å²) in [6.45, 7) is 2.52. The fourth-order valence-corrected chi connectivity index (χ4v) is 2.07. The molecule has 5 nitrogen and oxygen atoms in total. The van der Waals surface area contributed by atoms with Gasteiger partial charge in [0.1, 0.15) is 0 Å². The van der Waals surface area contributed by atoms with Crippen molar-refractivity contribution in [3.05, 3.63) is 68.5 Å². The van der Waals surface area contributed by atoms with Crippen molar-refractivity contribution in [3.8, 4) is 0 Å². The van der Waals surface area contributed by atoms with Crippen LogP contribution in [0.15, 0.2) is 46.0 Å². The van der Waals surface area contributed by atoms with E-state index in [1.165, 1.54) is 23.2 Å². The van der Waals surface area contributed by atoms with E-state index in [1.54, 1.807) is 7.05 Å². The van der Waals surface area contributed by atoms with Crippen molar-refractivity contribution >= 4 is 0 Å². The van der Waals surface area contributed by atoms with E-state index in [0.717, 1.165) is 4.57 Å². The van der Waals surface area contributed by atoms with Crippen molar-refractivity contribution in [2.45, 2.75) is 19.5 Å². The SMILES string of the molecule is C[C@@H](NCc1cc(=O)n(C)c(=O)n1C)c1ccccc1. The molecule has 0 fully saturated rings. The topological polar surface area (TPSA) is 56.0 Å². The Bertz CT molecular complexity index is 701. The zero-order valence-corrected chi connectivity index (χ0v) is 12.0. The largest absolute Gasteiger partial charge is 0.330 e. The summed E-state index contributed by atoms with van der Waals surface area (Å²) in [5.74, 6) is 0. The summed E-state index contributed by atoms with van der Waals surface area (Å²) >= 11 is 0. The second-order valence-corrected chi connectivity index (χ2v) is 4.89. The van der Waals surface area contributed by atoms with Crippen LogP contribution in [0.3, 0.4) is 0 Å². The second kappa shape index (κ2) is 5.88. The van der Waals surface area contributed by atoms with Crippen LogP contribution in [-0.4, -0.2) is 9.13 Å². The summed E-state index contributed by atoms with van der Waals surface area (Å²) in [6.07, 6.45) is 0. The van der Waals surface area contributed by atoms with E-state index in [1.807, 2.05) is 30.3 Å². The van der Waals surface area contributed by atoms with Gasteiger partial charge in [0.25, 0.3) is 5.56 Å². The lowest BCUT2D eigenvalue weighted by Crippen LogP contribution is -2.39. The van der Waals surface area contributed by atoms with Gasteiger partial charge in [0.05, 0.1) is 0 Å². The first kappa shape index (κ1) is 14.3. The molecular formula is C15H19N3O2. The number of rotatable bonds is 4. The molecule has 1 N–H and O–H groups in total. The Morgan fingerprint density at radius 1 is 1.10 bits per heavy atom. The quantitative estimate of drug-likeness (QED) is 0.902. The van der Waals surface area contributed by atoms with Crippen LogP contribution in [-0.2, 0) is 20.6 Å². The summed E-state index contributed by atoms with van der Waals surface area (Å²) in [7, 11) is 3.15. The molecule has 20 heavy (non-hydrogen) atoms. The molecule has 2 aromatic rings. The van der Waals surface area contributed by atoms with E-state index < -0.39 is 0 Å². The molecule has 2 rings (SSSR count). The average molecular weight is 273 g/mol. The van der Waals surface area contributed by atoms with Crippen LogP contribution in [0.2, 0.25) is 0 Å². The maximum absolute atomic E-state index is 11.8. The zero-order valence-electron chi connectivity index (χ0n) is 12.0. The number of aromatic nitrogens is 2. The molecule has 1 heterocycles. The predicted molar refractivity (Wildman–Crippen MR) is 78.6 cm³/mol. The molecule has 0 aliphatic rings. The molecule has 1 aromatic carbocycles. The normalized spacial score (nSPS) is 12.3. The molecule has 0 saturated heterocycles. The van der Waals surface area contributed by atoms with Crippen LogP contribution in [0.5, 0.6) is 0 Å². The lowest BCUT2D eigenvalue weighted by molar-refractivity contribution is 0.540. The van der Waals surface area contributed by atoms with Gasteiger partial charge in [-0.05, 0) is 12.5 Å². The summed E-state index contributed by atoms with van der Waals surface area (Å²) in [5.41, 5.74) is 1.26. The van der Waals surface area contributed by atoms with Crippen molar-refractivity contribution in [1.29, 1.82) is 0 Å². The number of hydrogen-bond donors (Lipinski definition) is 1. The Labute approximate surface area is 117 Å². The summed E-state index contributed by atoms with van der Waals surface area (Å²) in [4.78, 5) is 23.5. The van der Waals surface area contributed by atoms with Gasteiger partial charge in [0, 0.05) is 38.4 Å². The maximum atomic E-state index is 11.8. The predicted octanol–water partition coefficient (Wildman–Crippen LogP) is 0.935. The molecule has 5 heteroatoms. The van der Waals surface area contributed by atoms with Crippen molar-refractivity contribution in [1.82, 2.24) is 14.5 Å². The Morgan fingerprint density at radius 3 is 2.40 bits per heavy atom. The zero-order chi connectivity index (χ0) is 14.7. The van der Waals surface area contributed by atoms with Gasteiger partial charge in [0.2, 0.25) is 0 Å². The first-order chi connectivity index (χ1) is 9.50. The summed E-state index contributed by atoms with van der Waals surface area (Å²) in [6, 6.07) is 11.7. The van der Waals surface area contributed by atoms with Crippen LogP contribution < -0.4 is 16.6 Å². The standard InChI is InChI=1S/C15H19N3O2/c1-11(12-7-5-4-6-8-12)16-10-13-9-14(19)18(3)15(20)17(13)2/h4-9,11,16H,10H2,1-3H3/t11-/m1/s1. The second-order valence-electron chi connectivity index (χ2n) is 4.89. The average Bonchev–Trinajstić information content (AvgIpc) is 2.48. The van der Waals surface area contributed by atoms with Crippen molar-refractivity contribution < 1.29 is 0 Å². The van der Waals surface area contributed by atoms with Crippen LogP contribution in [0, 0.1) is 0 Å². The van der Waals surface area contributed by atoms with E-state index in [0.29, 0.717) is 12.2 Å². The van der Waals surface area contributed by atoms with Crippen LogP contribution >= 0.6 is 0 Å². The van der Waals surface area contributed by atoms with Crippen LogP contribution in [0.4, 0.5) is 0 Å². The van der Waals surface area contributed by atoms with E-state index in [2.05, 4.69) is 12.2 Å². The molecule has 0 amide bonds. The molecule has 0 bridgehead atoms. The minimum absolute atomic E-state index is 0.148. The molecule has 0 unspecified atom stereocenters. The van der Waals surface area contributed by atoms with Crippen molar-refractivity contribution in [2.24, 2.45) is 14.1 Å². The highest BCUT2D eigenvalue weighted by Gasteiger charge is 2.08. The third-order valence-corrected chi connectivity index (χ3v) is 3.51. The number of benzene rings is 1. The minimum Gasteiger partial charge on any atom is -0.305 e. The highest BCUT2D eigenvalue weighted by atomic mass is 16.2. The molecule has 106 valence electrons. The summed E-state index contributed by atoms with van der Waals surface area (Å²) < 4.78 is 2.59. The molecule has 1 aromatic heterocycles. The van der Waals surface area contributed by atoms with Gasteiger partial charge < -0.3 is 5.32 Å². The number of nitrogens with one attached hydrogen (secondary N) is 1. The highest BCUT2D eigenvalue weighted by Crippen LogP contribution is 2.11. The van der Waals surface area contributed by atoms with Gasteiger partial charge in [-0.25, -0.2) is 4.79 Å². The Hall–Kier alpha value is -2.14. The van der Waals surface area contributed by atoms with Gasteiger partial charge in [-0.2, -0.15) is 0 Å². The lowest BCUT2D eigenvalue weighted by Gasteiger charge is -2.16. The van der Waals surface area contributed by atoms with Gasteiger partial charge in [0.15, 0.2) is 0 Å². The van der Waals surface area contributed by atoms with Crippen LogP contribution in [0.1, 0.15) is 24.2 Å². The molecule has 1 atom stereocenters. The smallest absolute Gasteiger partial charge is 0.305 e. The Balaban J connectivity index is 2.16. The van der Waals surface area contributed by atoms with E-state index in [4.69, 9.17) is 0 Å². The minimum atomic E-state index is -0.304. The first-order valence-corrected chi connectivity index (χ1v) is 6.55. The van der Waals surface area contributed by atoms with Gasteiger partial charge in [-0.1, -0.05) is 30.3 Å². The number of nitrogens with zero attached hydrogens (tertiary/aromatic N) is 2. The van der Waals surface area contributed by atoms with Gasteiger partial charge in [-0.3, -0.25) is 13.9 Å². The van der Waals surface area contributed by atoms with E-state index in [-0.39, 0.29) is 17.3 Å². The lowest BCUT2D eigenvalue weighted by atomic mass is 10.1. The maximum Gasteiger partial charge on any atom is 0.330 e. The third kappa shape index (κ3) is 2.88. The van der Waals surface area contributed by atoms with E-state index in [9.17, 15) is 9.59 Å². The molecular weight excluding hydrogens is 254 g/mol. The Kier molecular flexibility index (Phi) is 4.20. The summed E-state index contributed by atoms with van der Waals surface area (Å²) in [5, 5.41) is 3.32. The van der Waals surface area contributed by atoms with E-state index >= 15 is 0 Å². The third-order valence-electron chi connectivity index (χ3n) is 3.51. The van der Waals surface area contributed by atoms with Crippen molar-refractivity contribution in [3.63, 3.8) is 0 Å². The van der Waals surface area contributed by atoms with Gasteiger partial charge >= 0.3 is 5.69 Å². The first-order valence-electron chi connectivity index (χ1n) is 6.55. The van der Waals surface area contributed by atoms with Crippen molar-refractivity contribution in [2.75, 3.05) is 0 Å². The highest BCUT2D eigenvalue weighted by molar-refractivity contribution is 5.18. The molecule has 0 aliphatic heterocycles. The fourth-order valence-electron chi connectivity index (χ4n) is 2.07. The molecule has 0 saturated carbocycles. The molecule has 0 aliphatic carbocycles. The Morgan fingerprint density at radius 2 is 1.75 bits per heavy atom. The molecule has 0 spiro atoms. The fraction of sp³-hybridized carbons (Fsp3) is 0.333. The number of hydrogen-bond acceptors (Lipinski definition) is 3.